The Bertz CT molecular complexity index is 851. The third-order valence-corrected chi connectivity index (χ3v) is 4.20. The van der Waals surface area contributed by atoms with Gasteiger partial charge in [0.05, 0.1) is 6.26 Å². The van der Waals surface area contributed by atoms with Crippen LogP contribution in [0.3, 0.4) is 0 Å². The first-order valence-electron chi connectivity index (χ1n) is 7.64. The standard InChI is InChI=1S/C19H16N2O3S/c22-18(10-9-16-3-2-12-25-16)20-13-14-5-7-15(8-6-14)21-19(23)17-4-1-11-24-17/h1-12H,13H2,(H,20,22)(H,21,23)/b10-9+. The molecule has 0 radical (unpaired) electrons. The quantitative estimate of drug-likeness (QED) is 0.661. The van der Waals surface area contributed by atoms with Crippen molar-refractivity contribution in [1.82, 2.24) is 5.32 Å². The Morgan fingerprint density at radius 3 is 2.60 bits per heavy atom. The van der Waals surface area contributed by atoms with Crippen LogP contribution in [0.15, 0.2) is 70.7 Å². The second-order valence-corrected chi connectivity index (χ2v) is 6.17. The lowest BCUT2D eigenvalue weighted by Crippen LogP contribution is -2.20. The number of rotatable bonds is 6. The van der Waals surface area contributed by atoms with Gasteiger partial charge < -0.3 is 15.1 Å². The number of benzene rings is 1. The Hall–Kier alpha value is -3.12. The van der Waals surface area contributed by atoms with Gasteiger partial charge in [0.2, 0.25) is 5.91 Å². The smallest absolute Gasteiger partial charge is 0.291 e. The molecule has 2 amide bonds. The highest BCUT2D eigenvalue weighted by molar-refractivity contribution is 7.10. The van der Waals surface area contributed by atoms with Crippen LogP contribution in [-0.2, 0) is 11.3 Å². The minimum Gasteiger partial charge on any atom is -0.459 e. The van der Waals surface area contributed by atoms with Crippen molar-refractivity contribution in [3.05, 3.63) is 82.5 Å². The van der Waals surface area contributed by atoms with E-state index in [9.17, 15) is 9.59 Å². The van der Waals surface area contributed by atoms with Gasteiger partial charge in [0.15, 0.2) is 5.76 Å². The van der Waals surface area contributed by atoms with Gasteiger partial charge in [-0.25, -0.2) is 0 Å². The van der Waals surface area contributed by atoms with Crippen molar-refractivity contribution < 1.29 is 14.0 Å². The first-order chi connectivity index (χ1) is 12.2. The van der Waals surface area contributed by atoms with E-state index >= 15 is 0 Å². The van der Waals surface area contributed by atoms with Crippen LogP contribution < -0.4 is 10.6 Å². The molecule has 5 nitrogen and oxygen atoms in total. The molecular formula is C19H16N2O3S. The maximum absolute atomic E-state index is 11.9. The second-order valence-electron chi connectivity index (χ2n) is 5.19. The SMILES string of the molecule is O=C(/C=C/c1cccs1)NCc1ccc(NC(=O)c2ccco2)cc1. The Kier molecular flexibility index (Phi) is 5.43. The molecule has 0 unspecified atom stereocenters. The van der Waals surface area contributed by atoms with Gasteiger partial charge in [-0.1, -0.05) is 18.2 Å². The molecule has 0 atom stereocenters. The number of thiophene rings is 1. The molecule has 2 aromatic heterocycles. The molecule has 0 spiro atoms. The molecule has 0 aliphatic carbocycles. The first-order valence-corrected chi connectivity index (χ1v) is 8.52. The summed E-state index contributed by atoms with van der Waals surface area (Å²) in [5.41, 5.74) is 1.60. The zero-order chi connectivity index (χ0) is 17.5. The summed E-state index contributed by atoms with van der Waals surface area (Å²) in [7, 11) is 0. The van der Waals surface area contributed by atoms with Crippen molar-refractivity contribution in [3.63, 3.8) is 0 Å². The minimum atomic E-state index is -0.301. The topological polar surface area (TPSA) is 71.3 Å². The van der Waals surface area contributed by atoms with Crippen LogP contribution in [0, 0.1) is 0 Å². The summed E-state index contributed by atoms with van der Waals surface area (Å²) >= 11 is 1.58. The predicted octanol–water partition coefficient (Wildman–Crippen LogP) is 3.92. The van der Waals surface area contributed by atoms with E-state index in [0.717, 1.165) is 10.4 Å². The average molecular weight is 352 g/mol. The van der Waals surface area contributed by atoms with Crippen LogP contribution in [0.4, 0.5) is 5.69 Å². The molecule has 126 valence electrons. The van der Waals surface area contributed by atoms with Gasteiger partial charge in [-0.05, 0) is 47.4 Å². The van der Waals surface area contributed by atoms with E-state index in [4.69, 9.17) is 4.42 Å². The van der Waals surface area contributed by atoms with E-state index in [0.29, 0.717) is 12.2 Å². The molecule has 6 heteroatoms. The first kappa shape index (κ1) is 16.7. The second kappa shape index (κ2) is 8.12. The highest BCUT2D eigenvalue weighted by Crippen LogP contribution is 2.12. The molecule has 0 saturated carbocycles. The minimum absolute atomic E-state index is 0.149. The van der Waals surface area contributed by atoms with Crippen LogP contribution in [0.2, 0.25) is 0 Å². The van der Waals surface area contributed by atoms with E-state index in [-0.39, 0.29) is 17.6 Å². The lowest BCUT2D eigenvalue weighted by molar-refractivity contribution is -0.116. The molecule has 0 aliphatic rings. The highest BCUT2D eigenvalue weighted by atomic mass is 32.1. The Morgan fingerprint density at radius 2 is 1.92 bits per heavy atom. The zero-order valence-electron chi connectivity index (χ0n) is 13.3. The number of carbonyl (C=O) groups is 2. The van der Waals surface area contributed by atoms with Crippen molar-refractivity contribution in [3.8, 4) is 0 Å². The summed E-state index contributed by atoms with van der Waals surface area (Å²) in [6.45, 7) is 0.417. The molecule has 0 fully saturated rings. The fourth-order valence-corrected chi connectivity index (χ4v) is 2.72. The van der Waals surface area contributed by atoms with Crippen LogP contribution in [0.25, 0.3) is 6.08 Å². The van der Waals surface area contributed by atoms with E-state index in [2.05, 4.69) is 10.6 Å². The Morgan fingerprint density at radius 1 is 1.08 bits per heavy atom. The normalized spacial score (nSPS) is 10.7. The van der Waals surface area contributed by atoms with Crippen LogP contribution >= 0.6 is 11.3 Å². The van der Waals surface area contributed by atoms with Gasteiger partial charge in [0.1, 0.15) is 0 Å². The van der Waals surface area contributed by atoms with Crippen LogP contribution in [-0.4, -0.2) is 11.8 Å². The van der Waals surface area contributed by atoms with Crippen molar-refractivity contribution >= 4 is 34.9 Å². The maximum Gasteiger partial charge on any atom is 0.291 e. The molecule has 1 aromatic carbocycles. The Balaban J connectivity index is 1.49. The van der Waals surface area contributed by atoms with Crippen molar-refractivity contribution in [1.29, 1.82) is 0 Å². The largest absolute Gasteiger partial charge is 0.459 e. The molecule has 3 aromatic rings. The maximum atomic E-state index is 11.9. The molecule has 25 heavy (non-hydrogen) atoms. The number of nitrogens with one attached hydrogen (secondary N) is 2. The van der Waals surface area contributed by atoms with E-state index in [1.807, 2.05) is 29.6 Å². The average Bonchev–Trinajstić information content (AvgIpc) is 3.33. The number of hydrogen-bond acceptors (Lipinski definition) is 4. The van der Waals surface area contributed by atoms with Gasteiger partial charge >= 0.3 is 0 Å². The number of anilines is 1. The zero-order valence-corrected chi connectivity index (χ0v) is 14.1. The van der Waals surface area contributed by atoms with Crippen molar-refractivity contribution in [2.24, 2.45) is 0 Å². The summed E-state index contributed by atoms with van der Waals surface area (Å²) in [6.07, 6.45) is 4.75. The highest BCUT2D eigenvalue weighted by Gasteiger charge is 2.08. The third kappa shape index (κ3) is 4.92. The molecule has 0 aliphatic heterocycles. The summed E-state index contributed by atoms with van der Waals surface area (Å²) < 4.78 is 5.04. The van der Waals surface area contributed by atoms with Gasteiger partial charge in [-0.15, -0.1) is 11.3 Å². The summed E-state index contributed by atoms with van der Waals surface area (Å²) in [6, 6.07) is 14.4. The van der Waals surface area contributed by atoms with Crippen LogP contribution in [0.1, 0.15) is 21.0 Å². The van der Waals surface area contributed by atoms with Gasteiger partial charge in [0.25, 0.3) is 5.91 Å². The van der Waals surface area contributed by atoms with Crippen molar-refractivity contribution in [2.75, 3.05) is 5.32 Å². The predicted molar refractivity (Wildman–Crippen MR) is 98.3 cm³/mol. The summed E-state index contributed by atoms with van der Waals surface area (Å²) in [4.78, 5) is 24.7. The van der Waals surface area contributed by atoms with Crippen LogP contribution in [0.5, 0.6) is 0 Å². The molecule has 2 N–H and O–H groups in total. The monoisotopic (exact) mass is 352 g/mol. The van der Waals surface area contributed by atoms with Gasteiger partial charge in [-0.3, -0.25) is 9.59 Å². The van der Waals surface area contributed by atoms with Gasteiger partial charge in [-0.2, -0.15) is 0 Å². The third-order valence-electron chi connectivity index (χ3n) is 3.37. The fourth-order valence-electron chi connectivity index (χ4n) is 2.10. The lowest BCUT2D eigenvalue weighted by atomic mass is 10.2. The molecule has 0 saturated heterocycles. The number of amides is 2. The van der Waals surface area contributed by atoms with Crippen molar-refractivity contribution in [2.45, 2.75) is 6.54 Å². The number of furan rings is 1. The lowest BCUT2D eigenvalue weighted by Gasteiger charge is -2.06. The van der Waals surface area contributed by atoms with E-state index in [1.165, 1.54) is 12.3 Å². The number of carbonyl (C=O) groups excluding carboxylic acids is 2. The fraction of sp³-hybridized carbons (Fsp3) is 0.0526. The molecule has 3 rings (SSSR count). The summed E-state index contributed by atoms with van der Waals surface area (Å²) in [5, 5.41) is 7.52. The molecular weight excluding hydrogens is 336 g/mol. The number of hydrogen-bond donors (Lipinski definition) is 2. The molecule has 0 bridgehead atoms. The summed E-state index contributed by atoms with van der Waals surface area (Å²) in [5.74, 6) is -0.192. The van der Waals surface area contributed by atoms with Gasteiger partial charge in [0, 0.05) is 23.2 Å². The van der Waals surface area contributed by atoms with E-state index < -0.39 is 0 Å². The molecule has 2 heterocycles. The Labute approximate surface area is 149 Å². The van der Waals surface area contributed by atoms with E-state index in [1.54, 1.807) is 41.7 Å².